The van der Waals surface area contributed by atoms with Crippen molar-refractivity contribution in [1.82, 2.24) is 0 Å². The van der Waals surface area contributed by atoms with Gasteiger partial charge < -0.3 is 23.7 Å². The molecular weight excluding hydrogens is 588 g/mol. The summed E-state index contributed by atoms with van der Waals surface area (Å²) < 4.78 is 236. The smallest absolute Gasteiger partial charge is 0.376 e. The molecule has 0 N–H and O–H groups in total. The van der Waals surface area contributed by atoms with E-state index in [9.17, 15) is 70.2 Å². The lowest BCUT2D eigenvalue weighted by Gasteiger charge is -2.42. The Kier molecular flexibility index (Phi) is 9.16. The van der Waals surface area contributed by atoms with E-state index in [0.717, 1.165) is 0 Å². The number of rotatable bonds is 17. The second kappa shape index (κ2) is 10.6. The molecule has 2 rings (SSSR count). The molecule has 0 radical (unpaired) electrons. The minimum atomic E-state index is -8.48. The van der Waals surface area contributed by atoms with Gasteiger partial charge in [0.05, 0.1) is 39.6 Å². The average Bonchev–Trinajstić information content (AvgIpc) is 3.69. The largest absolute Gasteiger partial charge is 0.426 e. The zero-order valence-corrected chi connectivity index (χ0v) is 18.1. The van der Waals surface area contributed by atoms with Crippen LogP contribution in [-0.4, -0.2) is 106 Å². The van der Waals surface area contributed by atoms with E-state index in [4.69, 9.17) is 14.2 Å². The number of halogens is 16. The van der Waals surface area contributed by atoms with Crippen molar-refractivity contribution in [3.63, 3.8) is 0 Å². The SMILES string of the molecule is FC(F)C(F)(F)C(F)(F)C(F)(F)C(F)(F)C(F)(F)C(F)(F)C(F)(F)OCC(COCC1CO1)OCC1CO1. The van der Waals surface area contributed by atoms with E-state index in [1.54, 1.807) is 0 Å². The second-order valence-electron chi connectivity index (χ2n) is 8.03. The number of hydrogen-bond donors (Lipinski definition) is 0. The van der Waals surface area contributed by atoms with Crippen molar-refractivity contribution < 1.29 is 93.9 Å². The molecule has 0 saturated carbocycles. The van der Waals surface area contributed by atoms with Gasteiger partial charge in [-0.25, -0.2) is 8.78 Å². The molecule has 2 aliphatic heterocycles. The molecule has 0 amide bonds. The van der Waals surface area contributed by atoms with E-state index < -0.39 is 86.2 Å². The van der Waals surface area contributed by atoms with E-state index in [2.05, 4.69) is 9.47 Å². The van der Waals surface area contributed by atoms with E-state index in [1.165, 1.54) is 0 Å². The molecule has 0 aromatic heterocycles. The molecular formula is C17H16F16O5. The van der Waals surface area contributed by atoms with Crippen molar-refractivity contribution in [2.24, 2.45) is 0 Å². The average molecular weight is 604 g/mol. The summed E-state index contributed by atoms with van der Waals surface area (Å²) >= 11 is 0. The third-order valence-electron chi connectivity index (χ3n) is 5.02. The zero-order chi connectivity index (χ0) is 29.6. The topological polar surface area (TPSA) is 52.8 Å². The van der Waals surface area contributed by atoms with E-state index in [-0.39, 0.29) is 19.8 Å². The van der Waals surface area contributed by atoms with Crippen LogP contribution in [0.4, 0.5) is 70.2 Å². The van der Waals surface area contributed by atoms with Crippen LogP contribution in [0.3, 0.4) is 0 Å². The Balaban J connectivity index is 2.24. The van der Waals surface area contributed by atoms with Crippen molar-refractivity contribution in [1.29, 1.82) is 0 Å². The molecule has 0 spiro atoms. The lowest BCUT2D eigenvalue weighted by Crippen LogP contribution is -2.74. The molecule has 0 bridgehead atoms. The van der Waals surface area contributed by atoms with Gasteiger partial charge in [0.15, 0.2) is 0 Å². The van der Waals surface area contributed by atoms with E-state index in [0.29, 0.717) is 0 Å². The Morgan fingerprint density at radius 1 is 0.605 bits per heavy atom. The lowest BCUT2D eigenvalue weighted by molar-refractivity contribution is -0.470. The predicted octanol–water partition coefficient (Wildman–Crippen LogP) is 4.87. The Morgan fingerprint density at radius 3 is 1.47 bits per heavy atom. The normalized spacial score (nSPS) is 22.7. The standard InChI is InChI=1S/C17H16F16O5/c18-10(19)11(20,21)12(22,23)13(24,25)14(26,27)15(28,29)16(30,31)17(32,33)38-6-8(36-4-9-5-37-9)2-34-1-7-3-35-7/h7-10H,1-6H2. The molecule has 2 fully saturated rings. The summed E-state index contributed by atoms with van der Waals surface area (Å²) in [5.74, 6) is -48.7. The lowest BCUT2D eigenvalue weighted by atomic mass is 9.91. The number of epoxide rings is 2. The first-order chi connectivity index (χ1) is 17.0. The molecule has 3 atom stereocenters. The van der Waals surface area contributed by atoms with Crippen LogP contribution in [-0.2, 0) is 23.7 Å². The maximum atomic E-state index is 13.9. The van der Waals surface area contributed by atoms with Gasteiger partial charge in [-0.15, -0.1) is 0 Å². The van der Waals surface area contributed by atoms with Gasteiger partial charge in [-0.05, 0) is 0 Å². The van der Waals surface area contributed by atoms with Crippen molar-refractivity contribution in [3.8, 4) is 0 Å². The van der Waals surface area contributed by atoms with Crippen LogP contribution in [0.1, 0.15) is 0 Å². The predicted molar refractivity (Wildman–Crippen MR) is 86.6 cm³/mol. The summed E-state index contributed by atoms with van der Waals surface area (Å²) in [7, 11) is 0. The highest BCUT2D eigenvalue weighted by molar-refractivity contribution is 5.13. The highest BCUT2D eigenvalue weighted by atomic mass is 19.4. The Bertz CT molecular complexity index is 799. The van der Waals surface area contributed by atoms with Crippen LogP contribution in [0.5, 0.6) is 0 Å². The van der Waals surface area contributed by atoms with E-state index >= 15 is 0 Å². The molecule has 2 heterocycles. The van der Waals surface area contributed by atoms with E-state index in [1.807, 2.05) is 0 Å². The van der Waals surface area contributed by atoms with Gasteiger partial charge in [0.25, 0.3) is 0 Å². The first-order valence-corrected chi connectivity index (χ1v) is 9.96. The van der Waals surface area contributed by atoms with Crippen molar-refractivity contribution in [2.45, 2.75) is 66.4 Å². The monoisotopic (exact) mass is 604 g/mol. The van der Waals surface area contributed by atoms with Crippen LogP contribution in [0.2, 0.25) is 0 Å². The molecule has 2 aliphatic rings. The van der Waals surface area contributed by atoms with Gasteiger partial charge in [-0.1, -0.05) is 0 Å². The number of ether oxygens (including phenoxy) is 5. The molecule has 3 unspecified atom stereocenters. The maximum absolute atomic E-state index is 13.9. The van der Waals surface area contributed by atoms with Crippen molar-refractivity contribution >= 4 is 0 Å². The van der Waals surface area contributed by atoms with Crippen molar-refractivity contribution in [3.05, 3.63) is 0 Å². The van der Waals surface area contributed by atoms with Crippen LogP contribution in [0.15, 0.2) is 0 Å². The van der Waals surface area contributed by atoms with Crippen LogP contribution in [0, 0.1) is 0 Å². The molecule has 0 aliphatic carbocycles. The molecule has 5 nitrogen and oxygen atoms in total. The Morgan fingerprint density at radius 2 is 1.03 bits per heavy atom. The third kappa shape index (κ3) is 5.90. The van der Waals surface area contributed by atoms with Crippen molar-refractivity contribution in [2.75, 3.05) is 39.6 Å². The van der Waals surface area contributed by atoms with Gasteiger partial charge in [-0.2, -0.15) is 61.5 Å². The Labute approximate surface area is 201 Å². The number of hydrogen-bond acceptors (Lipinski definition) is 5. The highest BCUT2D eigenvalue weighted by Gasteiger charge is 2.94. The molecule has 0 aromatic rings. The van der Waals surface area contributed by atoms with Crippen LogP contribution >= 0.6 is 0 Å². The van der Waals surface area contributed by atoms with Gasteiger partial charge >= 0.3 is 48.1 Å². The minimum Gasteiger partial charge on any atom is -0.376 e. The summed E-state index contributed by atoms with van der Waals surface area (Å²) in [5.41, 5.74) is 0. The quantitative estimate of drug-likeness (QED) is 0.175. The number of alkyl halides is 16. The first-order valence-electron chi connectivity index (χ1n) is 9.96. The fourth-order valence-corrected chi connectivity index (χ4v) is 2.46. The summed E-state index contributed by atoms with van der Waals surface area (Å²) in [6, 6.07) is 0. The van der Waals surface area contributed by atoms with Gasteiger partial charge in [0, 0.05) is 0 Å². The second-order valence-corrected chi connectivity index (χ2v) is 8.03. The third-order valence-corrected chi connectivity index (χ3v) is 5.02. The maximum Gasteiger partial charge on any atom is 0.426 e. The zero-order valence-electron chi connectivity index (χ0n) is 18.1. The van der Waals surface area contributed by atoms with Crippen LogP contribution in [0.25, 0.3) is 0 Å². The summed E-state index contributed by atoms with van der Waals surface area (Å²) in [6.07, 6.45) is -15.7. The Hall–Kier alpha value is -1.32. The highest BCUT2D eigenvalue weighted by Crippen LogP contribution is 2.62. The van der Waals surface area contributed by atoms with Crippen LogP contribution < -0.4 is 0 Å². The molecule has 226 valence electrons. The molecule has 21 heteroatoms. The first kappa shape index (κ1) is 32.9. The fraction of sp³-hybridized carbons (Fsp3) is 1.00. The molecule has 38 heavy (non-hydrogen) atoms. The minimum absolute atomic E-state index is 0.101. The van der Waals surface area contributed by atoms with Gasteiger partial charge in [-0.3, -0.25) is 0 Å². The fourth-order valence-electron chi connectivity index (χ4n) is 2.46. The van der Waals surface area contributed by atoms with Gasteiger partial charge in [0.2, 0.25) is 0 Å². The summed E-state index contributed by atoms with van der Waals surface area (Å²) in [6.45, 7) is -2.97. The van der Waals surface area contributed by atoms with Gasteiger partial charge in [0.1, 0.15) is 18.3 Å². The molecule has 2 saturated heterocycles. The summed E-state index contributed by atoms with van der Waals surface area (Å²) in [4.78, 5) is 0. The summed E-state index contributed by atoms with van der Waals surface area (Å²) in [5, 5.41) is 0. The molecule has 0 aromatic carbocycles.